The fourth-order valence-corrected chi connectivity index (χ4v) is 4.97. The average molecular weight is 427 g/mol. The standard InChI is InChI=1S/C21H18N2O4S2/c1-3-26-14-6-4-13(5-7-14)16-11-29-20-18(16)19(22-12(2)23-20)28-10-15-8-9-17(27-15)21(24)25/h4-9,11H,3,10H2,1-2H3,(H,24,25). The van der Waals surface area contributed by atoms with Crippen LogP contribution in [0.1, 0.15) is 29.1 Å². The molecule has 0 bridgehead atoms. The number of hydrogen-bond acceptors (Lipinski definition) is 7. The summed E-state index contributed by atoms with van der Waals surface area (Å²) in [5.74, 6) is 1.48. The quantitative estimate of drug-likeness (QED) is 0.302. The lowest BCUT2D eigenvalue weighted by Crippen LogP contribution is -1.93. The van der Waals surface area contributed by atoms with Crippen LogP contribution < -0.4 is 4.74 Å². The first kappa shape index (κ1) is 19.5. The van der Waals surface area contributed by atoms with Crippen molar-refractivity contribution in [2.45, 2.75) is 24.6 Å². The van der Waals surface area contributed by atoms with E-state index in [4.69, 9.17) is 14.3 Å². The van der Waals surface area contributed by atoms with E-state index in [0.29, 0.717) is 23.9 Å². The third-order valence-electron chi connectivity index (χ3n) is 4.21. The van der Waals surface area contributed by atoms with Gasteiger partial charge in [0, 0.05) is 10.9 Å². The molecular weight excluding hydrogens is 408 g/mol. The molecule has 29 heavy (non-hydrogen) atoms. The summed E-state index contributed by atoms with van der Waals surface area (Å²) in [6, 6.07) is 11.1. The Bertz CT molecular complexity index is 1170. The number of hydrogen-bond donors (Lipinski definition) is 1. The minimum Gasteiger partial charge on any atom is -0.494 e. The summed E-state index contributed by atoms with van der Waals surface area (Å²) in [4.78, 5) is 21.2. The summed E-state index contributed by atoms with van der Waals surface area (Å²) in [7, 11) is 0. The fraction of sp³-hybridized carbons (Fsp3) is 0.190. The van der Waals surface area contributed by atoms with Crippen molar-refractivity contribution in [1.82, 2.24) is 9.97 Å². The van der Waals surface area contributed by atoms with Gasteiger partial charge in [-0.05, 0) is 43.7 Å². The zero-order chi connectivity index (χ0) is 20.4. The number of thioether (sulfide) groups is 1. The number of carboxylic acid groups (broad SMARTS) is 1. The lowest BCUT2D eigenvalue weighted by atomic mass is 10.1. The third kappa shape index (κ3) is 4.13. The van der Waals surface area contributed by atoms with Crippen LogP contribution in [-0.4, -0.2) is 27.7 Å². The van der Waals surface area contributed by atoms with Gasteiger partial charge in [-0.15, -0.1) is 11.3 Å². The predicted octanol–water partition coefficient (Wildman–Crippen LogP) is 5.65. The van der Waals surface area contributed by atoms with E-state index in [1.165, 1.54) is 17.8 Å². The minimum absolute atomic E-state index is 0.0600. The molecule has 0 radical (unpaired) electrons. The lowest BCUT2D eigenvalue weighted by Gasteiger charge is -2.07. The summed E-state index contributed by atoms with van der Waals surface area (Å²) in [5, 5.41) is 13.0. The van der Waals surface area contributed by atoms with E-state index in [1.807, 2.05) is 38.1 Å². The predicted molar refractivity (Wildman–Crippen MR) is 114 cm³/mol. The number of aromatic nitrogens is 2. The zero-order valence-electron chi connectivity index (χ0n) is 15.8. The Morgan fingerprint density at radius 2 is 2.00 bits per heavy atom. The van der Waals surface area contributed by atoms with E-state index < -0.39 is 5.97 Å². The minimum atomic E-state index is -1.07. The summed E-state index contributed by atoms with van der Waals surface area (Å²) >= 11 is 3.10. The van der Waals surface area contributed by atoms with E-state index in [2.05, 4.69) is 15.3 Å². The normalized spacial score (nSPS) is 11.1. The molecule has 6 nitrogen and oxygen atoms in total. The Kier molecular flexibility index (Phi) is 5.55. The molecule has 0 aliphatic rings. The molecule has 3 aromatic heterocycles. The van der Waals surface area contributed by atoms with Gasteiger partial charge in [0.1, 0.15) is 27.2 Å². The highest BCUT2D eigenvalue weighted by Gasteiger charge is 2.16. The monoisotopic (exact) mass is 426 g/mol. The molecule has 0 saturated carbocycles. The van der Waals surface area contributed by atoms with Crippen molar-refractivity contribution in [3.05, 3.63) is 59.1 Å². The molecule has 0 aliphatic carbocycles. The molecule has 4 rings (SSSR count). The topological polar surface area (TPSA) is 85.5 Å². The molecule has 0 saturated heterocycles. The Morgan fingerprint density at radius 1 is 1.21 bits per heavy atom. The van der Waals surface area contributed by atoms with E-state index in [0.717, 1.165) is 32.1 Å². The highest BCUT2D eigenvalue weighted by molar-refractivity contribution is 7.98. The number of aromatic carboxylic acids is 1. The number of nitrogens with zero attached hydrogens (tertiary/aromatic N) is 2. The van der Waals surface area contributed by atoms with Crippen LogP contribution in [0.2, 0.25) is 0 Å². The number of aryl methyl sites for hydroxylation is 1. The molecule has 1 N–H and O–H groups in total. The molecule has 3 heterocycles. The van der Waals surface area contributed by atoms with Gasteiger partial charge in [-0.1, -0.05) is 23.9 Å². The molecule has 0 amide bonds. The van der Waals surface area contributed by atoms with Gasteiger partial charge in [-0.3, -0.25) is 0 Å². The first-order valence-electron chi connectivity index (χ1n) is 8.99. The van der Waals surface area contributed by atoms with Gasteiger partial charge in [-0.2, -0.15) is 0 Å². The van der Waals surface area contributed by atoms with Crippen LogP contribution in [0, 0.1) is 6.92 Å². The average Bonchev–Trinajstić information content (AvgIpc) is 3.34. The van der Waals surface area contributed by atoms with Crippen molar-refractivity contribution in [3.63, 3.8) is 0 Å². The number of benzene rings is 1. The van der Waals surface area contributed by atoms with Crippen molar-refractivity contribution in [2.75, 3.05) is 6.61 Å². The number of carbonyl (C=O) groups is 1. The molecule has 1 aromatic carbocycles. The molecule has 0 unspecified atom stereocenters. The van der Waals surface area contributed by atoms with Crippen molar-refractivity contribution in [3.8, 4) is 16.9 Å². The van der Waals surface area contributed by atoms with Gasteiger partial charge in [0.05, 0.1) is 17.7 Å². The maximum atomic E-state index is 11.0. The number of furan rings is 1. The van der Waals surface area contributed by atoms with Crippen LogP contribution in [0.4, 0.5) is 0 Å². The van der Waals surface area contributed by atoms with Crippen LogP contribution >= 0.6 is 23.1 Å². The molecule has 0 fully saturated rings. The SMILES string of the molecule is CCOc1ccc(-c2csc3nc(C)nc(SCc4ccc(C(=O)O)o4)c23)cc1. The highest BCUT2D eigenvalue weighted by Crippen LogP contribution is 2.39. The molecule has 148 valence electrons. The third-order valence-corrected chi connectivity index (χ3v) is 6.08. The van der Waals surface area contributed by atoms with E-state index >= 15 is 0 Å². The summed E-state index contributed by atoms with van der Waals surface area (Å²) in [5.41, 5.74) is 2.14. The number of thiophene rings is 1. The smallest absolute Gasteiger partial charge is 0.371 e. The number of ether oxygens (including phenoxy) is 1. The largest absolute Gasteiger partial charge is 0.494 e. The van der Waals surface area contributed by atoms with Crippen LogP contribution in [0.15, 0.2) is 51.2 Å². The molecule has 0 atom stereocenters. The van der Waals surface area contributed by atoms with Crippen LogP contribution in [0.5, 0.6) is 5.75 Å². The highest BCUT2D eigenvalue weighted by atomic mass is 32.2. The van der Waals surface area contributed by atoms with E-state index in [9.17, 15) is 4.79 Å². The first-order chi connectivity index (χ1) is 14.0. The Hall–Kier alpha value is -2.84. The Morgan fingerprint density at radius 3 is 2.69 bits per heavy atom. The lowest BCUT2D eigenvalue weighted by molar-refractivity contribution is 0.0661. The van der Waals surface area contributed by atoms with Gasteiger partial charge in [0.15, 0.2) is 0 Å². The van der Waals surface area contributed by atoms with E-state index in [-0.39, 0.29) is 5.76 Å². The second kappa shape index (κ2) is 8.26. The molecular formula is C21H18N2O4S2. The van der Waals surface area contributed by atoms with Crippen molar-refractivity contribution in [1.29, 1.82) is 0 Å². The van der Waals surface area contributed by atoms with Crippen LogP contribution in [0.3, 0.4) is 0 Å². The van der Waals surface area contributed by atoms with Gasteiger partial charge in [0.2, 0.25) is 5.76 Å². The van der Waals surface area contributed by atoms with Gasteiger partial charge in [0.25, 0.3) is 0 Å². The molecule has 0 aliphatic heterocycles. The second-order valence-electron chi connectivity index (χ2n) is 6.22. The number of fused-ring (bicyclic) bond motifs is 1. The van der Waals surface area contributed by atoms with Crippen LogP contribution in [0.25, 0.3) is 21.3 Å². The summed E-state index contributed by atoms with van der Waals surface area (Å²) in [6.45, 7) is 4.46. The number of carboxylic acids is 1. The fourth-order valence-electron chi connectivity index (χ4n) is 2.94. The molecule has 4 aromatic rings. The summed E-state index contributed by atoms with van der Waals surface area (Å²) < 4.78 is 10.9. The van der Waals surface area contributed by atoms with Gasteiger partial charge >= 0.3 is 5.97 Å². The Balaban J connectivity index is 1.67. The number of rotatable bonds is 7. The van der Waals surface area contributed by atoms with E-state index in [1.54, 1.807) is 17.4 Å². The first-order valence-corrected chi connectivity index (χ1v) is 10.9. The van der Waals surface area contributed by atoms with Gasteiger partial charge in [-0.25, -0.2) is 14.8 Å². The van der Waals surface area contributed by atoms with Crippen molar-refractivity contribution < 1.29 is 19.1 Å². The van der Waals surface area contributed by atoms with Crippen molar-refractivity contribution >= 4 is 39.3 Å². The summed E-state index contributed by atoms with van der Waals surface area (Å²) in [6.07, 6.45) is 0. The second-order valence-corrected chi connectivity index (χ2v) is 8.04. The van der Waals surface area contributed by atoms with Crippen LogP contribution in [-0.2, 0) is 5.75 Å². The van der Waals surface area contributed by atoms with Gasteiger partial charge < -0.3 is 14.3 Å². The Labute approximate surface area is 175 Å². The molecule has 8 heteroatoms. The zero-order valence-corrected chi connectivity index (χ0v) is 17.5. The van der Waals surface area contributed by atoms with Crippen molar-refractivity contribution in [2.24, 2.45) is 0 Å². The maximum absolute atomic E-state index is 11.0. The molecule has 0 spiro atoms. The maximum Gasteiger partial charge on any atom is 0.371 e.